The molecule has 1 fully saturated rings. The summed E-state index contributed by atoms with van der Waals surface area (Å²) in [5.74, 6) is 0.367. The number of nitrogens with zero attached hydrogens (tertiary/aromatic N) is 2. The van der Waals surface area contributed by atoms with E-state index in [1.807, 2.05) is 25.1 Å². The molecule has 2 heterocycles. The van der Waals surface area contributed by atoms with Crippen LogP contribution in [-0.2, 0) is 6.54 Å². The molecule has 1 aromatic carbocycles. The van der Waals surface area contributed by atoms with E-state index in [4.69, 9.17) is 0 Å². The third-order valence-corrected chi connectivity index (χ3v) is 3.97. The number of nitrogens with one attached hydrogen (secondary N) is 2. The Morgan fingerprint density at radius 2 is 2.18 bits per heavy atom. The largest absolute Gasteiger partial charge is 0.346 e. The zero-order valence-corrected chi connectivity index (χ0v) is 12.7. The average molecular weight is 296 g/mol. The summed E-state index contributed by atoms with van der Waals surface area (Å²) in [6, 6.07) is 7.85. The second kappa shape index (κ2) is 6.66. The Morgan fingerprint density at radius 3 is 2.91 bits per heavy atom. The minimum Gasteiger partial charge on any atom is -0.346 e. The first-order valence-electron chi connectivity index (χ1n) is 7.59. The Labute approximate surface area is 130 Å². The fourth-order valence-electron chi connectivity index (χ4n) is 2.76. The summed E-state index contributed by atoms with van der Waals surface area (Å²) in [4.78, 5) is 20.9. The fraction of sp³-hybridized carbons (Fsp3) is 0.353. The summed E-state index contributed by atoms with van der Waals surface area (Å²) in [5.41, 5.74) is 3.52. The lowest BCUT2D eigenvalue weighted by atomic mass is 9.93. The molecule has 2 aromatic rings. The molecular weight excluding hydrogens is 276 g/mol. The summed E-state index contributed by atoms with van der Waals surface area (Å²) < 4.78 is 0. The van der Waals surface area contributed by atoms with E-state index in [2.05, 4.69) is 26.7 Å². The second-order valence-corrected chi connectivity index (χ2v) is 5.61. The van der Waals surface area contributed by atoms with Crippen molar-refractivity contribution in [1.82, 2.24) is 20.6 Å². The molecule has 0 spiro atoms. The van der Waals surface area contributed by atoms with E-state index < -0.39 is 0 Å². The van der Waals surface area contributed by atoms with Gasteiger partial charge in [0.15, 0.2) is 0 Å². The SMILES string of the molecule is Cc1cnc(CNC(=O)c2ccccc2[C@@H]2CCNC2)cn1. The van der Waals surface area contributed by atoms with E-state index in [-0.39, 0.29) is 5.91 Å². The van der Waals surface area contributed by atoms with Gasteiger partial charge in [-0.2, -0.15) is 0 Å². The highest BCUT2D eigenvalue weighted by molar-refractivity contribution is 5.95. The van der Waals surface area contributed by atoms with Gasteiger partial charge in [0.05, 0.1) is 24.1 Å². The van der Waals surface area contributed by atoms with Crippen molar-refractivity contribution in [2.24, 2.45) is 0 Å². The van der Waals surface area contributed by atoms with Crippen molar-refractivity contribution >= 4 is 5.91 Å². The molecule has 3 rings (SSSR count). The zero-order chi connectivity index (χ0) is 15.4. The first-order valence-corrected chi connectivity index (χ1v) is 7.59. The smallest absolute Gasteiger partial charge is 0.251 e. The van der Waals surface area contributed by atoms with E-state index in [0.29, 0.717) is 12.5 Å². The van der Waals surface area contributed by atoms with Crippen molar-refractivity contribution < 1.29 is 4.79 Å². The van der Waals surface area contributed by atoms with Gasteiger partial charge in [0.25, 0.3) is 5.91 Å². The monoisotopic (exact) mass is 296 g/mol. The Bertz CT molecular complexity index is 648. The lowest BCUT2D eigenvalue weighted by Crippen LogP contribution is -2.25. The molecule has 22 heavy (non-hydrogen) atoms. The third kappa shape index (κ3) is 3.31. The Kier molecular flexibility index (Phi) is 4.44. The molecule has 1 aromatic heterocycles. The van der Waals surface area contributed by atoms with E-state index in [1.54, 1.807) is 12.4 Å². The van der Waals surface area contributed by atoms with Gasteiger partial charge in [0, 0.05) is 18.3 Å². The maximum atomic E-state index is 12.5. The molecule has 0 bridgehead atoms. The average Bonchev–Trinajstić information content (AvgIpc) is 3.08. The van der Waals surface area contributed by atoms with Gasteiger partial charge >= 0.3 is 0 Å². The highest BCUT2D eigenvalue weighted by atomic mass is 16.1. The summed E-state index contributed by atoms with van der Waals surface area (Å²) in [6.45, 7) is 4.23. The molecule has 1 aliphatic rings. The summed E-state index contributed by atoms with van der Waals surface area (Å²) >= 11 is 0. The molecule has 1 amide bonds. The van der Waals surface area contributed by atoms with Crippen molar-refractivity contribution in [3.05, 3.63) is 59.2 Å². The predicted octanol–water partition coefficient (Wildman–Crippen LogP) is 1.79. The standard InChI is InChI=1S/C17H20N4O/c1-12-8-20-14(10-19-12)11-21-17(22)16-5-3-2-4-15(16)13-6-7-18-9-13/h2-5,8,10,13,18H,6-7,9,11H2,1H3,(H,21,22)/t13-/m1/s1. The summed E-state index contributed by atoms with van der Waals surface area (Å²) in [6.07, 6.45) is 4.48. The van der Waals surface area contributed by atoms with E-state index >= 15 is 0 Å². The number of aromatic nitrogens is 2. The summed E-state index contributed by atoms with van der Waals surface area (Å²) in [7, 11) is 0. The number of aryl methyl sites for hydroxylation is 1. The van der Waals surface area contributed by atoms with Crippen molar-refractivity contribution in [2.45, 2.75) is 25.8 Å². The van der Waals surface area contributed by atoms with Crippen molar-refractivity contribution in [2.75, 3.05) is 13.1 Å². The van der Waals surface area contributed by atoms with Gasteiger partial charge in [-0.1, -0.05) is 18.2 Å². The number of hydrogen-bond donors (Lipinski definition) is 2. The van der Waals surface area contributed by atoms with Crippen LogP contribution in [0.1, 0.15) is 39.6 Å². The normalized spacial score (nSPS) is 17.4. The Balaban J connectivity index is 1.70. The topological polar surface area (TPSA) is 66.9 Å². The molecule has 5 heteroatoms. The molecule has 0 saturated carbocycles. The molecule has 1 aliphatic heterocycles. The molecule has 5 nitrogen and oxygen atoms in total. The minimum atomic E-state index is -0.0510. The highest BCUT2D eigenvalue weighted by Crippen LogP contribution is 2.25. The van der Waals surface area contributed by atoms with Gasteiger partial charge in [-0.15, -0.1) is 0 Å². The maximum absolute atomic E-state index is 12.5. The minimum absolute atomic E-state index is 0.0510. The van der Waals surface area contributed by atoms with Crippen LogP contribution in [0.4, 0.5) is 0 Å². The lowest BCUT2D eigenvalue weighted by molar-refractivity contribution is 0.0949. The van der Waals surface area contributed by atoms with E-state index in [9.17, 15) is 4.79 Å². The van der Waals surface area contributed by atoms with Crippen LogP contribution in [0.25, 0.3) is 0 Å². The first kappa shape index (κ1) is 14.7. The predicted molar refractivity (Wildman–Crippen MR) is 84.6 cm³/mol. The van der Waals surface area contributed by atoms with E-state index in [0.717, 1.165) is 42.0 Å². The number of rotatable bonds is 4. The number of amides is 1. The van der Waals surface area contributed by atoms with Crippen LogP contribution >= 0.6 is 0 Å². The van der Waals surface area contributed by atoms with Crippen LogP contribution < -0.4 is 10.6 Å². The number of carbonyl (C=O) groups excluding carboxylic acids is 1. The first-order chi connectivity index (χ1) is 10.7. The molecule has 1 saturated heterocycles. The van der Waals surface area contributed by atoms with Crippen LogP contribution in [0.15, 0.2) is 36.7 Å². The highest BCUT2D eigenvalue weighted by Gasteiger charge is 2.21. The number of hydrogen-bond acceptors (Lipinski definition) is 4. The lowest BCUT2D eigenvalue weighted by Gasteiger charge is -2.14. The maximum Gasteiger partial charge on any atom is 0.251 e. The van der Waals surface area contributed by atoms with Crippen LogP contribution in [0.2, 0.25) is 0 Å². The van der Waals surface area contributed by atoms with Crippen molar-refractivity contribution in [1.29, 1.82) is 0 Å². The fourth-order valence-corrected chi connectivity index (χ4v) is 2.76. The van der Waals surface area contributed by atoms with Gasteiger partial charge in [-0.25, -0.2) is 0 Å². The van der Waals surface area contributed by atoms with Gasteiger partial charge < -0.3 is 10.6 Å². The van der Waals surface area contributed by atoms with Crippen LogP contribution in [0.3, 0.4) is 0 Å². The molecule has 0 radical (unpaired) electrons. The second-order valence-electron chi connectivity index (χ2n) is 5.61. The molecule has 2 N–H and O–H groups in total. The van der Waals surface area contributed by atoms with E-state index in [1.165, 1.54) is 0 Å². The van der Waals surface area contributed by atoms with Crippen LogP contribution in [0, 0.1) is 6.92 Å². The molecule has 0 aliphatic carbocycles. The Hall–Kier alpha value is -2.27. The van der Waals surface area contributed by atoms with Gasteiger partial charge in [-0.05, 0) is 37.4 Å². The zero-order valence-electron chi connectivity index (χ0n) is 12.7. The van der Waals surface area contributed by atoms with Crippen LogP contribution in [0.5, 0.6) is 0 Å². The number of benzene rings is 1. The van der Waals surface area contributed by atoms with Crippen molar-refractivity contribution in [3.8, 4) is 0 Å². The van der Waals surface area contributed by atoms with Crippen molar-refractivity contribution in [3.63, 3.8) is 0 Å². The van der Waals surface area contributed by atoms with Gasteiger partial charge in [-0.3, -0.25) is 14.8 Å². The third-order valence-electron chi connectivity index (χ3n) is 3.97. The molecule has 114 valence electrons. The van der Waals surface area contributed by atoms with Crippen LogP contribution in [-0.4, -0.2) is 29.0 Å². The Morgan fingerprint density at radius 1 is 1.32 bits per heavy atom. The summed E-state index contributed by atoms with van der Waals surface area (Å²) in [5, 5.41) is 6.29. The molecule has 1 atom stereocenters. The van der Waals surface area contributed by atoms with Gasteiger partial charge in [0.1, 0.15) is 0 Å². The molecular formula is C17H20N4O. The number of carbonyl (C=O) groups is 1. The quantitative estimate of drug-likeness (QED) is 0.903. The van der Waals surface area contributed by atoms with Gasteiger partial charge in [0.2, 0.25) is 0 Å². The molecule has 0 unspecified atom stereocenters.